The van der Waals surface area contributed by atoms with Gasteiger partial charge in [0, 0.05) is 12.3 Å². The van der Waals surface area contributed by atoms with E-state index in [1.165, 1.54) is 5.56 Å². The van der Waals surface area contributed by atoms with Crippen molar-refractivity contribution in [1.29, 1.82) is 0 Å². The summed E-state index contributed by atoms with van der Waals surface area (Å²) in [5.74, 6) is -0.258. The number of esters is 1. The molecular weight excluding hydrogens is 372 g/mol. The van der Waals surface area contributed by atoms with Crippen LogP contribution in [0.3, 0.4) is 0 Å². The molecule has 4 atom stereocenters. The van der Waals surface area contributed by atoms with Gasteiger partial charge in [-0.1, -0.05) is 76.6 Å². The number of benzene rings is 1. The van der Waals surface area contributed by atoms with E-state index in [0.717, 1.165) is 38.5 Å². The Hall–Kier alpha value is -1.90. The second kappa shape index (κ2) is 11.5. The van der Waals surface area contributed by atoms with E-state index < -0.39 is 5.92 Å². The Morgan fingerprint density at radius 3 is 2.53 bits per heavy atom. The van der Waals surface area contributed by atoms with Crippen LogP contribution in [0.5, 0.6) is 0 Å². The number of carbonyl (C=O) groups excluding carboxylic acids is 2. The lowest BCUT2D eigenvalue weighted by atomic mass is 9.64. The van der Waals surface area contributed by atoms with Crippen LogP contribution in [-0.2, 0) is 19.7 Å². The number of hydrogen-bond acceptors (Lipinski definition) is 3. The lowest BCUT2D eigenvalue weighted by molar-refractivity contribution is -0.162. The molecule has 1 unspecified atom stereocenters. The molecule has 1 aromatic rings. The first-order valence-electron chi connectivity index (χ1n) is 11.7. The van der Waals surface area contributed by atoms with Gasteiger partial charge in [0.15, 0.2) is 0 Å². The van der Waals surface area contributed by atoms with Crippen molar-refractivity contribution in [2.75, 3.05) is 0 Å². The first-order valence-corrected chi connectivity index (χ1v) is 11.7. The Labute approximate surface area is 183 Å². The highest BCUT2D eigenvalue weighted by Crippen LogP contribution is 2.43. The van der Waals surface area contributed by atoms with Crippen LogP contribution in [0.25, 0.3) is 0 Å². The summed E-state index contributed by atoms with van der Waals surface area (Å²) in [7, 11) is 0. The number of ether oxygens (including phenoxy) is 1. The van der Waals surface area contributed by atoms with Gasteiger partial charge in [0.05, 0.1) is 0 Å². The number of allylic oxidation sites excluding steroid dienone is 2. The van der Waals surface area contributed by atoms with Crippen LogP contribution in [0.15, 0.2) is 42.5 Å². The fraction of sp³-hybridized carbons (Fsp3) is 0.630. The van der Waals surface area contributed by atoms with Gasteiger partial charge in [0.25, 0.3) is 0 Å². The lowest BCUT2D eigenvalue weighted by Gasteiger charge is -2.44. The largest absolute Gasteiger partial charge is 0.462 e. The summed E-state index contributed by atoms with van der Waals surface area (Å²) in [6.07, 6.45) is 10.3. The molecule has 30 heavy (non-hydrogen) atoms. The van der Waals surface area contributed by atoms with Crippen LogP contribution in [0.4, 0.5) is 0 Å². The van der Waals surface area contributed by atoms with E-state index in [9.17, 15) is 9.59 Å². The summed E-state index contributed by atoms with van der Waals surface area (Å²) in [5.41, 5.74) is 1.18. The van der Waals surface area contributed by atoms with E-state index in [0.29, 0.717) is 12.3 Å². The maximum Gasteiger partial charge on any atom is 0.316 e. The minimum atomic E-state index is -0.683. The molecule has 0 N–H and O–H groups in total. The summed E-state index contributed by atoms with van der Waals surface area (Å²) >= 11 is 0. The molecule has 0 radical (unpaired) electrons. The van der Waals surface area contributed by atoms with Gasteiger partial charge in [-0.15, -0.1) is 0 Å². The fourth-order valence-corrected chi connectivity index (χ4v) is 4.64. The summed E-state index contributed by atoms with van der Waals surface area (Å²) in [6.45, 7) is 10.5. The van der Waals surface area contributed by atoms with E-state index in [4.69, 9.17) is 4.74 Å². The van der Waals surface area contributed by atoms with Gasteiger partial charge < -0.3 is 4.74 Å². The molecule has 166 valence electrons. The molecule has 0 bridgehead atoms. The summed E-state index contributed by atoms with van der Waals surface area (Å²) in [5, 5.41) is 0. The van der Waals surface area contributed by atoms with Gasteiger partial charge in [-0.25, -0.2) is 0 Å². The summed E-state index contributed by atoms with van der Waals surface area (Å²) < 4.78 is 6.04. The molecule has 1 aliphatic rings. The SMILES string of the molecule is CC/C=C\CCCC(=O)C(C)C(=O)O[C@@H]1C[C@H](C)CC[C@H]1C(C)(C)c1ccccc1. The Kier molecular flexibility index (Phi) is 9.33. The minimum absolute atomic E-state index is 0.00683. The van der Waals surface area contributed by atoms with Crippen LogP contribution < -0.4 is 0 Å². The number of Topliss-reactive ketones (excluding diaryl/α,β-unsaturated/α-hetero) is 1. The van der Waals surface area contributed by atoms with Crippen molar-refractivity contribution in [3.05, 3.63) is 48.0 Å². The minimum Gasteiger partial charge on any atom is -0.462 e. The molecule has 3 heteroatoms. The van der Waals surface area contributed by atoms with Crippen molar-refractivity contribution in [3.8, 4) is 0 Å². The van der Waals surface area contributed by atoms with E-state index in [2.05, 4.69) is 64.1 Å². The highest BCUT2D eigenvalue weighted by Gasteiger charge is 2.42. The van der Waals surface area contributed by atoms with Crippen LogP contribution in [0, 0.1) is 17.8 Å². The van der Waals surface area contributed by atoms with E-state index in [-0.39, 0.29) is 29.2 Å². The van der Waals surface area contributed by atoms with Crippen molar-refractivity contribution < 1.29 is 14.3 Å². The fourth-order valence-electron chi connectivity index (χ4n) is 4.64. The van der Waals surface area contributed by atoms with E-state index in [1.54, 1.807) is 6.92 Å². The molecule has 0 amide bonds. The first-order chi connectivity index (χ1) is 14.3. The number of ketones is 1. The van der Waals surface area contributed by atoms with Crippen LogP contribution >= 0.6 is 0 Å². The zero-order valence-corrected chi connectivity index (χ0v) is 19.5. The van der Waals surface area contributed by atoms with Crippen molar-refractivity contribution in [2.24, 2.45) is 17.8 Å². The Morgan fingerprint density at radius 1 is 1.17 bits per heavy atom. The maximum absolute atomic E-state index is 12.8. The molecule has 0 spiro atoms. The molecule has 1 aliphatic carbocycles. The Balaban J connectivity index is 2.02. The average Bonchev–Trinajstić information content (AvgIpc) is 2.73. The molecule has 3 nitrogen and oxygen atoms in total. The predicted molar refractivity (Wildman–Crippen MR) is 123 cm³/mol. The topological polar surface area (TPSA) is 43.4 Å². The normalized spacial score (nSPS) is 23.3. The quantitative estimate of drug-likeness (QED) is 0.187. The van der Waals surface area contributed by atoms with Gasteiger partial charge >= 0.3 is 5.97 Å². The van der Waals surface area contributed by atoms with Gasteiger partial charge in [0.2, 0.25) is 0 Å². The first kappa shape index (κ1) is 24.4. The molecule has 1 fully saturated rings. The lowest BCUT2D eigenvalue weighted by Crippen LogP contribution is -2.44. The third-order valence-corrected chi connectivity index (χ3v) is 6.80. The number of rotatable bonds is 10. The number of carbonyl (C=O) groups is 2. The molecule has 2 rings (SSSR count). The van der Waals surface area contributed by atoms with Crippen LogP contribution in [-0.4, -0.2) is 17.9 Å². The zero-order valence-electron chi connectivity index (χ0n) is 19.5. The smallest absolute Gasteiger partial charge is 0.316 e. The maximum atomic E-state index is 12.8. The molecule has 0 saturated heterocycles. The van der Waals surface area contributed by atoms with Crippen LogP contribution in [0.2, 0.25) is 0 Å². The highest BCUT2D eigenvalue weighted by atomic mass is 16.5. The predicted octanol–water partition coefficient (Wildman–Crippen LogP) is 6.65. The highest BCUT2D eigenvalue weighted by molar-refractivity contribution is 5.98. The second-order valence-corrected chi connectivity index (χ2v) is 9.55. The van der Waals surface area contributed by atoms with Crippen molar-refractivity contribution in [1.82, 2.24) is 0 Å². The van der Waals surface area contributed by atoms with Gasteiger partial charge in [-0.2, -0.15) is 0 Å². The Morgan fingerprint density at radius 2 is 1.87 bits per heavy atom. The van der Waals surface area contributed by atoms with E-state index in [1.807, 2.05) is 6.07 Å². The number of unbranched alkanes of at least 4 members (excludes halogenated alkanes) is 1. The third kappa shape index (κ3) is 6.55. The molecule has 0 aromatic heterocycles. The van der Waals surface area contributed by atoms with Crippen LogP contribution in [0.1, 0.15) is 85.1 Å². The van der Waals surface area contributed by atoms with E-state index >= 15 is 0 Å². The molecule has 0 heterocycles. The third-order valence-electron chi connectivity index (χ3n) is 6.80. The molecular formula is C27H40O3. The second-order valence-electron chi connectivity index (χ2n) is 9.55. The summed E-state index contributed by atoms with van der Waals surface area (Å²) in [4.78, 5) is 25.3. The number of hydrogen-bond donors (Lipinski definition) is 0. The van der Waals surface area contributed by atoms with Gasteiger partial charge in [-0.3, -0.25) is 9.59 Å². The van der Waals surface area contributed by atoms with Gasteiger partial charge in [-0.05, 0) is 55.9 Å². The zero-order chi connectivity index (χ0) is 22.1. The van der Waals surface area contributed by atoms with Crippen molar-refractivity contribution in [2.45, 2.75) is 91.1 Å². The monoisotopic (exact) mass is 412 g/mol. The van der Waals surface area contributed by atoms with Gasteiger partial charge in [0.1, 0.15) is 17.8 Å². The molecule has 1 saturated carbocycles. The molecule has 1 aromatic carbocycles. The summed E-state index contributed by atoms with van der Waals surface area (Å²) in [6, 6.07) is 10.5. The van der Waals surface area contributed by atoms with Crippen molar-refractivity contribution >= 4 is 11.8 Å². The standard InChI is InChI=1S/C27H40O3/c1-6-7-8-9-13-16-24(28)21(3)26(29)30-25-19-20(2)17-18-23(25)27(4,5)22-14-11-10-12-15-22/h7-8,10-12,14-15,20-21,23,25H,6,9,13,16-19H2,1-5H3/b8-7-/t20-,21?,23-,25-/m1/s1. The Bertz CT molecular complexity index is 704. The average molecular weight is 413 g/mol. The van der Waals surface area contributed by atoms with Crippen molar-refractivity contribution in [3.63, 3.8) is 0 Å². The molecule has 0 aliphatic heterocycles.